The second kappa shape index (κ2) is 12.4. The van der Waals surface area contributed by atoms with Gasteiger partial charge in [0, 0.05) is 12.4 Å². The zero-order chi connectivity index (χ0) is 18.6. The Hall–Kier alpha value is -0.970. The van der Waals surface area contributed by atoms with Crippen LogP contribution in [0.5, 0.6) is 5.75 Å². The number of halogens is 2. The molecule has 0 unspecified atom stereocenters. The molecule has 146 valence electrons. The van der Waals surface area contributed by atoms with Crippen LogP contribution < -0.4 is 10.1 Å². The molecule has 1 aromatic carbocycles. The molecule has 1 fully saturated rings. The number of ether oxygens (including phenoxy) is 2. The fraction of sp³-hybridized carbons (Fsp3) is 0.650. The molecular formula is C20H29Cl2NO3. The number of hydrogen-bond donors (Lipinski definition) is 1. The third kappa shape index (κ3) is 7.73. The fourth-order valence-corrected chi connectivity index (χ4v) is 3.53. The molecule has 0 bridgehead atoms. The first-order chi connectivity index (χ1) is 12.7. The fourth-order valence-electron chi connectivity index (χ4n) is 3.22. The van der Waals surface area contributed by atoms with Gasteiger partial charge in [0.15, 0.2) is 0 Å². The van der Waals surface area contributed by atoms with Gasteiger partial charge in [0.25, 0.3) is 5.91 Å². The highest BCUT2D eigenvalue weighted by atomic mass is 35.5. The van der Waals surface area contributed by atoms with Gasteiger partial charge in [0.1, 0.15) is 12.4 Å². The van der Waals surface area contributed by atoms with E-state index in [2.05, 4.69) is 5.32 Å². The minimum atomic E-state index is -0.138. The first kappa shape index (κ1) is 21.3. The summed E-state index contributed by atoms with van der Waals surface area (Å²) in [4.78, 5) is 12.5. The maximum Gasteiger partial charge on any atom is 0.252 e. The Morgan fingerprint density at radius 3 is 2.54 bits per heavy atom. The van der Waals surface area contributed by atoms with Crippen LogP contribution in [0.25, 0.3) is 0 Å². The summed E-state index contributed by atoms with van der Waals surface area (Å²) in [5.74, 6) is 1.50. The lowest BCUT2D eigenvalue weighted by molar-refractivity contribution is 0.0943. The second-order valence-electron chi connectivity index (χ2n) is 6.71. The zero-order valence-corrected chi connectivity index (χ0v) is 16.8. The van der Waals surface area contributed by atoms with Crippen LogP contribution in [-0.4, -0.2) is 38.2 Å². The third-order valence-corrected chi connectivity index (χ3v) is 5.16. The summed E-state index contributed by atoms with van der Waals surface area (Å²) in [6.45, 7) is 2.08. The Bertz CT molecular complexity index is 546. The molecule has 26 heavy (non-hydrogen) atoms. The normalized spacial score (nSPS) is 15.9. The van der Waals surface area contributed by atoms with Gasteiger partial charge in [-0.2, -0.15) is 0 Å². The Kier molecular flexibility index (Phi) is 10.2. The maximum absolute atomic E-state index is 12.5. The minimum absolute atomic E-state index is 0.138. The van der Waals surface area contributed by atoms with Crippen LogP contribution in [0.2, 0.25) is 5.02 Å². The predicted molar refractivity (Wildman–Crippen MR) is 107 cm³/mol. The largest absolute Gasteiger partial charge is 0.491 e. The topological polar surface area (TPSA) is 47.6 Å². The average Bonchev–Trinajstić information content (AvgIpc) is 2.61. The summed E-state index contributed by atoms with van der Waals surface area (Å²) in [6.07, 6.45) is 8.87. The lowest BCUT2D eigenvalue weighted by Gasteiger charge is -2.20. The summed E-state index contributed by atoms with van der Waals surface area (Å²) in [6, 6.07) is 5.15. The molecule has 0 aliphatic heterocycles. The van der Waals surface area contributed by atoms with Crippen molar-refractivity contribution in [2.24, 2.45) is 5.92 Å². The van der Waals surface area contributed by atoms with E-state index in [1.54, 1.807) is 18.2 Å². The van der Waals surface area contributed by atoms with Gasteiger partial charge in [-0.25, -0.2) is 0 Å². The highest BCUT2D eigenvalue weighted by Gasteiger charge is 2.16. The molecular weight excluding hydrogens is 373 g/mol. The molecule has 6 heteroatoms. The van der Waals surface area contributed by atoms with Gasteiger partial charge in [-0.3, -0.25) is 4.79 Å². The standard InChI is InChI=1S/C20H29Cl2NO3/c21-10-11-25-12-13-26-17-8-9-19(22)18(14-17)20(24)23-15-16-6-4-2-1-3-5-7-16/h8-9,14,16H,1-7,10-13,15H2,(H,23,24). The van der Waals surface area contributed by atoms with Crippen LogP contribution in [0.15, 0.2) is 18.2 Å². The van der Waals surface area contributed by atoms with Crippen LogP contribution in [-0.2, 0) is 4.74 Å². The van der Waals surface area contributed by atoms with Crippen molar-refractivity contribution in [3.8, 4) is 5.75 Å². The molecule has 0 heterocycles. The van der Waals surface area contributed by atoms with Gasteiger partial charge in [0.05, 0.1) is 23.8 Å². The molecule has 1 saturated carbocycles. The smallest absolute Gasteiger partial charge is 0.252 e. The molecule has 0 aromatic heterocycles. The van der Waals surface area contributed by atoms with E-state index >= 15 is 0 Å². The Morgan fingerprint density at radius 2 is 1.81 bits per heavy atom. The number of rotatable bonds is 9. The van der Waals surface area contributed by atoms with Crippen molar-refractivity contribution in [3.05, 3.63) is 28.8 Å². The summed E-state index contributed by atoms with van der Waals surface area (Å²) in [7, 11) is 0. The van der Waals surface area contributed by atoms with E-state index in [1.165, 1.54) is 44.9 Å². The van der Waals surface area contributed by atoms with Crippen molar-refractivity contribution < 1.29 is 14.3 Å². The summed E-state index contributed by atoms with van der Waals surface area (Å²) in [5, 5.41) is 3.49. The molecule has 2 rings (SSSR count). The minimum Gasteiger partial charge on any atom is -0.491 e. The molecule has 1 aliphatic carbocycles. The van der Waals surface area contributed by atoms with Crippen molar-refractivity contribution >= 4 is 29.1 Å². The number of carbonyl (C=O) groups is 1. The van der Waals surface area contributed by atoms with E-state index in [4.69, 9.17) is 32.7 Å². The van der Waals surface area contributed by atoms with E-state index in [1.807, 2.05) is 0 Å². The van der Waals surface area contributed by atoms with Crippen molar-refractivity contribution in [2.75, 3.05) is 32.2 Å². The highest BCUT2D eigenvalue weighted by Crippen LogP contribution is 2.24. The van der Waals surface area contributed by atoms with Crippen LogP contribution >= 0.6 is 23.2 Å². The monoisotopic (exact) mass is 401 g/mol. The quantitative estimate of drug-likeness (QED) is 0.464. The van der Waals surface area contributed by atoms with Gasteiger partial charge < -0.3 is 14.8 Å². The summed E-state index contributed by atoms with van der Waals surface area (Å²) >= 11 is 11.8. The van der Waals surface area contributed by atoms with E-state index < -0.39 is 0 Å². The molecule has 0 radical (unpaired) electrons. The van der Waals surface area contributed by atoms with Crippen LogP contribution in [0.1, 0.15) is 55.3 Å². The lowest BCUT2D eigenvalue weighted by Crippen LogP contribution is -2.30. The number of alkyl halides is 1. The zero-order valence-electron chi connectivity index (χ0n) is 15.3. The van der Waals surface area contributed by atoms with Gasteiger partial charge in [-0.15, -0.1) is 11.6 Å². The SMILES string of the molecule is O=C(NCC1CCCCCCC1)c1cc(OCCOCCCl)ccc1Cl. The van der Waals surface area contributed by atoms with E-state index in [0.717, 1.165) is 0 Å². The van der Waals surface area contributed by atoms with Crippen LogP contribution in [0, 0.1) is 5.92 Å². The van der Waals surface area contributed by atoms with E-state index in [0.29, 0.717) is 54.5 Å². The summed E-state index contributed by atoms with van der Waals surface area (Å²) < 4.78 is 10.9. The molecule has 0 spiro atoms. The Balaban J connectivity index is 1.83. The highest BCUT2D eigenvalue weighted by molar-refractivity contribution is 6.33. The van der Waals surface area contributed by atoms with Gasteiger partial charge >= 0.3 is 0 Å². The molecule has 4 nitrogen and oxygen atoms in total. The number of amides is 1. The van der Waals surface area contributed by atoms with Crippen molar-refractivity contribution in [1.82, 2.24) is 5.32 Å². The Morgan fingerprint density at radius 1 is 1.08 bits per heavy atom. The van der Waals surface area contributed by atoms with E-state index in [-0.39, 0.29) is 5.91 Å². The molecule has 1 aliphatic rings. The molecule has 1 amide bonds. The molecule has 1 aromatic rings. The Labute approximate surface area is 166 Å². The number of benzene rings is 1. The molecule has 1 N–H and O–H groups in total. The van der Waals surface area contributed by atoms with Gasteiger partial charge in [0.2, 0.25) is 0 Å². The summed E-state index contributed by atoms with van der Waals surface area (Å²) in [5.41, 5.74) is 0.455. The van der Waals surface area contributed by atoms with Crippen LogP contribution in [0.3, 0.4) is 0 Å². The second-order valence-corrected chi connectivity index (χ2v) is 7.50. The van der Waals surface area contributed by atoms with E-state index in [9.17, 15) is 4.79 Å². The molecule has 0 saturated heterocycles. The number of hydrogen-bond acceptors (Lipinski definition) is 3. The predicted octanol–water partition coefficient (Wildman–Crippen LogP) is 5.06. The first-order valence-electron chi connectivity index (χ1n) is 9.55. The van der Waals surface area contributed by atoms with Crippen molar-refractivity contribution in [1.29, 1.82) is 0 Å². The van der Waals surface area contributed by atoms with Crippen LogP contribution in [0.4, 0.5) is 0 Å². The van der Waals surface area contributed by atoms with Crippen molar-refractivity contribution in [3.63, 3.8) is 0 Å². The molecule has 0 atom stereocenters. The van der Waals surface area contributed by atoms with Crippen molar-refractivity contribution in [2.45, 2.75) is 44.9 Å². The third-order valence-electron chi connectivity index (χ3n) is 4.68. The average molecular weight is 402 g/mol. The first-order valence-corrected chi connectivity index (χ1v) is 10.5. The maximum atomic E-state index is 12.5. The lowest BCUT2D eigenvalue weighted by atomic mass is 9.91. The number of carbonyl (C=O) groups excluding carboxylic acids is 1. The number of nitrogens with one attached hydrogen (secondary N) is 1. The van der Waals surface area contributed by atoms with Gasteiger partial charge in [-0.05, 0) is 37.0 Å². The van der Waals surface area contributed by atoms with Gasteiger partial charge in [-0.1, -0.05) is 43.7 Å².